The number of hydrogen-bond donors (Lipinski definition) is 1. The minimum absolute atomic E-state index is 0.218. The summed E-state index contributed by atoms with van der Waals surface area (Å²) in [5.41, 5.74) is 2.66. The van der Waals surface area contributed by atoms with Crippen molar-refractivity contribution in [2.75, 3.05) is 0 Å². The van der Waals surface area contributed by atoms with Crippen LogP contribution in [0.5, 0.6) is 5.75 Å². The smallest absolute Gasteiger partial charge is 0.449 e. The predicted octanol–water partition coefficient (Wildman–Crippen LogP) is 5.38. The van der Waals surface area contributed by atoms with Gasteiger partial charge in [0.1, 0.15) is 5.82 Å². The number of unbranched alkanes of at least 4 members (excludes halogenated alkanes) is 1. The molecule has 0 aliphatic heterocycles. The molecule has 7 nitrogen and oxygen atoms in total. The number of rotatable bonds is 10. The van der Waals surface area contributed by atoms with E-state index in [0.29, 0.717) is 18.0 Å². The van der Waals surface area contributed by atoms with E-state index in [1.54, 1.807) is 12.3 Å². The second kappa shape index (κ2) is 10.7. The zero-order chi connectivity index (χ0) is 22.2. The van der Waals surface area contributed by atoms with Crippen LogP contribution in [0, 0.1) is 5.92 Å². The molecule has 1 aromatic carbocycles. The van der Waals surface area contributed by atoms with Crippen molar-refractivity contribution in [1.29, 1.82) is 0 Å². The van der Waals surface area contributed by atoms with E-state index >= 15 is 0 Å². The van der Waals surface area contributed by atoms with E-state index < -0.39 is 6.16 Å². The number of carboxylic acid groups (broad SMARTS) is 1. The second-order valence-electron chi connectivity index (χ2n) is 8.07. The van der Waals surface area contributed by atoms with Gasteiger partial charge in [0, 0.05) is 24.6 Å². The molecule has 0 radical (unpaired) electrons. The molecule has 0 atom stereocenters. The van der Waals surface area contributed by atoms with E-state index in [1.807, 2.05) is 28.9 Å². The fourth-order valence-electron chi connectivity index (χ4n) is 3.35. The van der Waals surface area contributed by atoms with Gasteiger partial charge in [-0.15, -0.1) is 0 Å². The normalized spacial score (nSPS) is 11.1. The Labute approximate surface area is 183 Å². The minimum atomic E-state index is -1.36. The van der Waals surface area contributed by atoms with Gasteiger partial charge in [-0.2, -0.15) is 5.10 Å². The number of nitrogens with zero attached hydrogens (tertiary/aromatic N) is 4. The number of aromatic nitrogens is 4. The summed E-state index contributed by atoms with van der Waals surface area (Å²) >= 11 is 0. The highest BCUT2D eigenvalue weighted by Crippen LogP contribution is 2.29. The third-order valence-electron chi connectivity index (χ3n) is 5.07. The van der Waals surface area contributed by atoms with E-state index in [9.17, 15) is 4.79 Å². The molecular formula is C24H30N4O3. The molecule has 0 unspecified atom stereocenters. The first kappa shape index (κ1) is 22.5. The fraction of sp³-hybridized carbons (Fsp3) is 0.417. The third-order valence-corrected chi connectivity index (χ3v) is 5.07. The van der Waals surface area contributed by atoms with Crippen molar-refractivity contribution >= 4 is 6.16 Å². The molecule has 0 bridgehead atoms. The van der Waals surface area contributed by atoms with Gasteiger partial charge in [0.25, 0.3) is 0 Å². The van der Waals surface area contributed by atoms with Crippen molar-refractivity contribution in [3.05, 3.63) is 59.9 Å². The Morgan fingerprint density at radius 2 is 1.94 bits per heavy atom. The maximum atomic E-state index is 10.9. The number of pyridine rings is 1. The summed E-state index contributed by atoms with van der Waals surface area (Å²) < 4.78 is 6.87. The molecule has 0 fully saturated rings. The summed E-state index contributed by atoms with van der Waals surface area (Å²) in [6, 6.07) is 9.72. The van der Waals surface area contributed by atoms with Crippen LogP contribution in [0.25, 0.3) is 11.1 Å². The average Bonchev–Trinajstić information content (AvgIpc) is 3.13. The van der Waals surface area contributed by atoms with Crippen LogP contribution in [0.2, 0.25) is 0 Å². The number of ether oxygens (including phenoxy) is 1. The Kier molecular flexibility index (Phi) is 7.76. The van der Waals surface area contributed by atoms with Crippen LogP contribution >= 0.6 is 0 Å². The first-order chi connectivity index (χ1) is 15.0. The van der Waals surface area contributed by atoms with E-state index in [4.69, 9.17) is 19.9 Å². The zero-order valence-electron chi connectivity index (χ0n) is 18.4. The lowest BCUT2D eigenvalue weighted by atomic mass is 10.0. The Balaban J connectivity index is 1.78. The van der Waals surface area contributed by atoms with Crippen molar-refractivity contribution in [3.8, 4) is 16.9 Å². The molecule has 0 spiro atoms. The number of carbonyl (C=O) groups is 1. The molecule has 1 N–H and O–H groups in total. The van der Waals surface area contributed by atoms with Crippen molar-refractivity contribution in [1.82, 2.24) is 19.7 Å². The molecule has 2 aromatic heterocycles. The lowest BCUT2D eigenvalue weighted by Crippen LogP contribution is -2.07. The van der Waals surface area contributed by atoms with Gasteiger partial charge in [-0.25, -0.2) is 14.5 Å². The van der Waals surface area contributed by atoms with Gasteiger partial charge in [-0.05, 0) is 36.0 Å². The summed E-state index contributed by atoms with van der Waals surface area (Å²) in [5.74, 6) is 2.80. The lowest BCUT2D eigenvalue weighted by molar-refractivity contribution is 0.144. The van der Waals surface area contributed by atoms with Crippen LogP contribution in [0.4, 0.5) is 4.79 Å². The highest BCUT2D eigenvalue weighted by atomic mass is 16.7. The van der Waals surface area contributed by atoms with Crippen molar-refractivity contribution in [3.63, 3.8) is 0 Å². The van der Waals surface area contributed by atoms with Gasteiger partial charge in [-0.3, -0.25) is 4.98 Å². The molecule has 2 heterocycles. The summed E-state index contributed by atoms with van der Waals surface area (Å²) in [4.78, 5) is 19.7. The largest absolute Gasteiger partial charge is 0.511 e. The van der Waals surface area contributed by atoms with E-state index in [0.717, 1.165) is 54.9 Å². The molecule has 3 rings (SSSR count). The lowest BCUT2D eigenvalue weighted by Gasteiger charge is -2.09. The first-order valence-corrected chi connectivity index (χ1v) is 10.8. The summed E-state index contributed by atoms with van der Waals surface area (Å²) in [5, 5.41) is 13.7. The highest BCUT2D eigenvalue weighted by molar-refractivity contribution is 5.73. The van der Waals surface area contributed by atoms with E-state index in [2.05, 4.69) is 25.8 Å². The Bertz CT molecular complexity index is 996. The standard InChI is InChI=1S/C24H30N4O3/c1-4-5-6-23-26-22(12-7-17(2)3)27-28(23)16-18-8-10-19(11-9-18)20-13-14-25-15-21(20)31-24(29)30/h8-11,13-15,17H,4-7,12,16H2,1-3H3,(H,29,30). The molecule has 0 saturated heterocycles. The molecule has 0 amide bonds. The van der Waals surface area contributed by atoms with Crippen molar-refractivity contribution < 1.29 is 14.6 Å². The van der Waals surface area contributed by atoms with Crippen LogP contribution in [0.3, 0.4) is 0 Å². The quantitative estimate of drug-likeness (QED) is 0.441. The molecule has 164 valence electrons. The van der Waals surface area contributed by atoms with Crippen molar-refractivity contribution in [2.45, 2.75) is 59.4 Å². The zero-order valence-corrected chi connectivity index (χ0v) is 18.4. The van der Waals surface area contributed by atoms with Gasteiger partial charge in [0.05, 0.1) is 12.7 Å². The monoisotopic (exact) mass is 422 g/mol. The van der Waals surface area contributed by atoms with Crippen LogP contribution in [-0.4, -0.2) is 31.0 Å². The van der Waals surface area contributed by atoms with Crippen molar-refractivity contribution in [2.24, 2.45) is 5.92 Å². The van der Waals surface area contributed by atoms with Crippen LogP contribution in [0.1, 0.15) is 57.2 Å². The molecule has 0 saturated carbocycles. The maximum absolute atomic E-state index is 10.9. The predicted molar refractivity (Wildman–Crippen MR) is 119 cm³/mol. The Hall–Kier alpha value is -3.22. The SMILES string of the molecule is CCCCc1nc(CCC(C)C)nn1Cc1ccc(-c2ccncc2OC(=O)O)cc1. The van der Waals surface area contributed by atoms with Gasteiger partial charge in [-0.1, -0.05) is 51.5 Å². The second-order valence-corrected chi connectivity index (χ2v) is 8.07. The first-order valence-electron chi connectivity index (χ1n) is 10.8. The van der Waals surface area contributed by atoms with Crippen LogP contribution in [-0.2, 0) is 19.4 Å². The maximum Gasteiger partial charge on any atom is 0.511 e. The topological polar surface area (TPSA) is 90.1 Å². The molecular weight excluding hydrogens is 392 g/mol. The van der Waals surface area contributed by atoms with Crippen LogP contribution < -0.4 is 4.74 Å². The molecule has 0 aliphatic carbocycles. The van der Waals surface area contributed by atoms with E-state index in [-0.39, 0.29) is 5.75 Å². The summed E-state index contributed by atoms with van der Waals surface area (Å²) in [6.45, 7) is 7.27. The fourth-order valence-corrected chi connectivity index (χ4v) is 3.35. The van der Waals surface area contributed by atoms with Gasteiger partial charge < -0.3 is 9.84 Å². The summed E-state index contributed by atoms with van der Waals surface area (Å²) in [6.07, 6.45) is 6.79. The van der Waals surface area contributed by atoms with E-state index in [1.165, 1.54) is 6.20 Å². The summed E-state index contributed by atoms with van der Waals surface area (Å²) in [7, 11) is 0. The molecule has 3 aromatic rings. The molecule has 31 heavy (non-hydrogen) atoms. The Morgan fingerprint density at radius 3 is 2.61 bits per heavy atom. The van der Waals surface area contributed by atoms with Crippen LogP contribution in [0.15, 0.2) is 42.7 Å². The average molecular weight is 423 g/mol. The minimum Gasteiger partial charge on any atom is -0.449 e. The number of hydrogen-bond acceptors (Lipinski definition) is 5. The Morgan fingerprint density at radius 1 is 1.16 bits per heavy atom. The third kappa shape index (κ3) is 6.38. The van der Waals surface area contributed by atoms with Gasteiger partial charge in [0.2, 0.25) is 0 Å². The molecule has 0 aliphatic rings. The number of benzene rings is 1. The highest BCUT2D eigenvalue weighted by Gasteiger charge is 2.13. The van der Waals surface area contributed by atoms with Gasteiger partial charge >= 0.3 is 6.16 Å². The molecule has 7 heteroatoms. The number of aryl methyl sites for hydroxylation is 2. The van der Waals surface area contributed by atoms with Gasteiger partial charge in [0.15, 0.2) is 11.6 Å².